The smallest absolute Gasteiger partial charge is 0.411 e. The maximum absolute atomic E-state index is 13.3. The van der Waals surface area contributed by atoms with Gasteiger partial charge in [-0.25, -0.2) is 4.79 Å². The van der Waals surface area contributed by atoms with E-state index in [9.17, 15) is 9.90 Å². The van der Waals surface area contributed by atoms with Gasteiger partial charge in [-0.15, -0.1) is 0 Å². The Morgan fingerprint density at radius 3 is 2.31 bits per heavy atom. The van der Waals surface area contributed by atoms with Gasteiger partial charge in [0.25, 0.3) is 0 Å². The third-order valence-electron chi connectivity index (χ3n) is 7.27. The first-order valence-electron chi connectivity index (χ1n) is 12.6. The molecule has 1 amide bonds. The average molecular weight is 471 g/mol. The highest BCUT2D eigenvalue weighted by Crippen LogP contribution is 2.42. The van der Waals surface area contributed by atoms with E-state index in [0.717, 1.165) is 22.3 Å². The molecule has 1 aromatic heterocycles. The molecule has 2 heterocycles. The highest BCUT2D eigenvalue weighted by atomic mass is 16.6. The highest BCUT2D eigenvalue weighted by molar-refractivity contribution is 5.70. The number of hydrogen-bond donors (Lipinski definition) is 1. The summed E-state index contributed by atoms with van der Waals surface area (Å²) in [6, 6.07) is 22.3. The molecule has 0 radical (unpaired) electrons. The Morgan fingerprint density at radius 1 is 1.06 bits per heavy atom. The standard InChI is InChI=1S/C30H34N2O3/c1-21(22-9-11-23(12-10-22)25-15-16-27(31-19-25)24-13-14-24)32-18-17-30(35-28(32)33,20-29(2,3)34)26-7-5-4-6-8-26/h4-12,15-16,19,21,24,34H,13-14,17-18,20H2,1-3H3/t21-,30-/m0/s1. The Bertz CT molecular complexity index is 1160. The number of aromatic nitrogens is 1. The fourth-order valence-electron chi connectivity index (χ4n) is 5.22. The highest BCUT2D eigenvalue weighted by Gasteiger charge is 2.46. The van der Waals surface area contributed by atoms with Crippen LogP contribution < -0.4 is 0 Å². The van der Waals surface area contributed by atoms with Crippen molar-refractivity contribution in [3.05, 3.63) is 89.7 Å². The molecule has 182 valence electrons. The minimum atomic E-state index is -0.967. The van der Waals surface area contributed by atoms with Crippen LogP contribution in [0, 0.1) is 0 Å². The van der Waals surface area contributed by atoms with Gasteiger partial charge in [0.2, 0.25) is 0 Å². The van der Waals surface area contributed by atoms with Crippen molar-refractivity contribution >= 4 is 6.09 Å². The second-order valence-electron chi connectivity index (χ2n) is 10.7. The van der Waals surface area contributed by atoms with Crippen LogP contribution in [0.5, 0.6) is 0 Å². The Kier molecular flexibility index (Phi) is 6.14. The maximum atomic E-state index is 13.3. The summed E-state index contributed by atoms with van der Waals surface area (Å²) in [5.41, 5.74) is 3.59. The van der Waals surface area contributed by atoms with E-state index in [0.29, 0.717) is 25.3 Å². The number of cyclic esters (lactones) is 1. The molecule has 1 aliphatic carbocycles. The van der Waals surface area contributed by atoms with Crippen molar-refractivity contribution in [2.75, 3.05) is 6.54 Å². The molecule has 35 heavy (non-hydrogen) atoms. The number of hydrogen-bond acceptors (Lipinski definition) is 4. The fraction of sp³-hybridized carbons (Fsp3) is 0.400. The summed E-state index contributed by atoms with van der Waals surface area (Å²) < 4.78 is 6.14. The van der Waals surface area contributed by atoms with Crippen LogP contribution in [-0.4, -0.2) is 33.2 Å². The molecule has 2 atom stereocenters. The second-order valence-corrected chi connectivity index (χ2v) is 10.7. The summed E-state index contributed by atoms with van der Waals surface area (Å²) in [6.07, 6.45) is 5.08. The number of benzene rings is 2. The predicted molar refractivity (Wildman–Crippen MR) is 137 cm³/mol. The monoisotopic (exact) mass is 470 g/mol. The lowest BCUT2D eigenvalue weighted by atomic mass is 9.80. The molecule has 5 nitrogen and oxygen atoms in total. The number of aliphatic hydroxyl groups is 1. The zero-order valence-electron chi connectivity index (χ0n) is 20.8. The molecule has 2 fully saturated rings. The molecule has 0 bridgehead atoms. The predicted octanol–water partition coefficient (Wildman–Crippen LogP) is 6.59. The van der Waals surface area contributed by atoms with E-state index in [-0.39, 0.29) is 12.1 Å². The summed E-state index contributed by atoms with van der Waals surface area (Å²) in [7, 11) is 0. The van der Waals surface area contributed by atoms with Gasteiger partial charge in [0.05, 0.1) is 11.6 Å². The maximum Gasteiger partial charge on any atom is 0.411 e. The summed E-state index contributed by atoms with van der Waals surface area (Å²) in [5, 5.41) is 10.6. The van der Waals surface area contributed by atoms with Crippen molar-refractivity contribution in [3.8, 4) is 11.1 Å². The lowest BCUT2D eigenvalue weighted by Gasteiger charge is -2.45. The van der Waals surface area contributed by atoms with Gasteiger partial charge in [-0.05, 0) is 56.4 Å². The molecular weight excluding hydrogens is 436 g/mol. The Labute approximate surface area is 207 Å². The first kappa shape index (κ1) is 23.6. The molecule has 2 aromatic carbocycles. The quantitative estimate of drug-likeness (QED) is 0.423. The van der Waals surface area contributed by atoms with Crippen molar-refractivity contribution < 1.29 is 14.6 Å². The molecule has 1 saturated carbocycles. The van der Waals surface area contributed by atoms with Crippen LogP contribution in [0.4, 0.5) is 4.79 Å². The van der Waals surface area contributed by atoms with E-state index < -0.39 is 11.2 Å². The molecule has 5 rings (SSSR count). The van der Waals surface area contributed by atoms with Crippen molar-refractivity contribution in [3.63, 3.8) is 0 Å². The first-order valence-corrected chi connectivity index (χ1v) is 12.6. The van der Waals surface area contributed by atoms with Gasteiger partial charge in [-0.3, -0.25) is 4.98 Å². The van der Waals surface area contributed by atoms with E-state index in [1.54, 1.807) is 18.7 Å². The zero-order valence-corrected chi connectivity index (χ0v) is 20.8. The van der Waals surface area contributed by atoms with Gasteiger partial charge >= 0.3 is 6.09 Å². The van der Waals surface area contributed by atoms with Crippen LogP contribution in [0.15, 0.2) is 72.9 Å². The van der Waals surface area contributed by atoms with Crippen LogP contribution >= 0.6 is 0 Å². The number of carbonyl (C=O) groups is 1. The number of ether oxygens (including phenoxy) is 1. The third-order valence-corrected chi connectivity index (χ3v) is 7.27. The lowest BCUT2D eigenvalue weighted by molar-refractivity contribution is -0.101. The summed E-state index contributed by atoms with van der Waals surface area (Å²) in [4.78, 5) is 19.7. The van der Waals surface area contributed by atoms with Crippen molar-refractivity contribution in [2.24, 2.45) is 0 Å². The molecular formula is C30H34N2O3. The zero-order chi connectivity index (χ0) is 24.6. The van der Waals surface area contributed by atoms with E-state index in [4.69, 9.17) is 4.74 Å². The third kappa shape index (κ3) is 5.10. The van der Waals surface area contributed by atoms with Crippen LogP contribution in [0.25, 0.3) is 11.1 Å². The van der Waals surface area contributed by atoms with Crippen LogP contribution in [0.2, 0.25) is 0 Å². The number of nitrogens with zero attached hydrogens (tertiary/aromatic N) is 2. The van der Waals surface area contributed by atoms with Crippen molar-refractivity contribution in [2.45, 2.75) is 69.6 Å². The first-order chi connectivity index (χ1) is 16.7. The number of amides is 1. The normalized spacial score (nSPS) is 21.5. The number of rotatable bonds is 7. The molecule has 1 N–H and O–H groups in total. The second kappa shape index (κ2) is 9.12. The van der Waals surface area contributed by atoms with Gasteiger partial charge in [0.1, 0.15) is 5.60 Å². The Balaban J connectivity index is 1.31. The SMILES string of the molecule is C[C@@H](c1ccc(-c2ccc(C3CC3)nc2)cc1)N1CC[C@](CC(C)(C)O)(c2ccccc2)OC1=O. The van der Waals surface area contributed by atoms with Crippen LogP contribution in [-0.2, 0) is 10.3 Å². The molecule has 1 saturated heterocycles. The Hall–Kier alpha value is -3.18. The van der Waals surface area contributed by atoms with Crippen molar-refractivity contribution in [1.82, 2.24) is 9.88 Å². The molecule has 0 spiro atoms. The van der Waals surface area contributed by atoms with E-state index >= 15 is 0 Å². The minimum Gasteiger partial charge on any atom is -0.438 e. The molecule has 2 aliphatic rings. The lowest BCUT2D eigenvalue weighted by Crippen LogP contribution is -2.51. The summed E-state index contributed by atoms with van der Waals surface area (Å²) in [5.74, 6) is 0.653. The van der Waals surface area contributed by atoms with Crippen LogP contribution in [0.1, 0.15) is 75.2 Å². The van der Waals surface area contributed by atoms with Gasteiger partial charge in [0, 0.05) is 42.8 Å². The summed E-state index contributed by atoms with van der Waals surface area (Å²) in [6.45, 7) is 6.11. The van der Waals surface area contributed by atoms with Crippen LogP contribution in [0.3, 0.4) is 0 Å². The molecule has 0 unspecified atom stereocenters. The molecule has 1 aliphatic heterocycles. The van der Waals surface area contributed by atoms with E-state index in [1.807, 2.05) is 43.5 Å². The topological polar surface area (TPSA) is 62.7 Å². The van der Waals surface area contributed by atoms with E-state index in [1.165, 1.54) is 18.5 Å². The van der Waals surface area contributed by atoms with Crippen molar-refractivity contribution in [1.29, 1.82) is 0 Å². The van der Waals surface area contributed by atoms with E-state index in [2.05, 4.69) is 41.4 Å². The fourth-order valence-corrected chi connectivity index (χ4v) is 5.22. The van der Waals surface area contributed by atoms with Gasteiger partial charge in [-0.2, -0.15) is 0 Å². The number of carbonyl (C=O) groups excluding carboxylic acids is 1. The Morgan fingerprint density at radius 2 is 1.74 bits per heavy atom. The molecule has 5 heteroatoms. The van der Waals surface area contributed by atoms with Gasteiger partial charge in [-0.1, -0.05) is 60.7 Å². The van der Waals surface area contributed by atoms with Gasteiger partial charge in [0.15, 0.2) is 0 Å². The minimum absolute atomic E-state index is 0.122. The average Bonchev–Trinajstić information content (AvgIpc) is 3.69. The van der Waals surface area contributed by atoms with Gasteiger partial charge < -0.3 is 14.7 Å². The molecule has 3 aromatic rings. The largest absolute Gasteiger partial charge is 0.438 e. The summed E-state index contributed by atoms with van der Waals surface area (Å²) >= 11 is 0. The number of pyridine rings is 1.